The molecule has 2 rings (SSSR count). The van der Waals surface area contributed by atoms with Gasteiger partial charge in [0.05, 0.1) is 5.69 Å². The van der Waals surface area contributed by atoms with E-state index in [2.05, 4.69) is 54.9 Å². The molecule has 3 nitrogen and oxygen atoms in total. The van der Waals surface area contributed by atoms with Crippen molar-refractivity contribution >= 4 is 0 Å². The van der Waals surface area contributed by atoms with Crippen molar-refractivity contribution in [1.82, 2.24) is 9.88 Å². The molecule has 0 saturated heterocycles. The second kappa shape index (κ2) is 7.34. The zero-order chi connectivity index (χ0) is 15.2. The number of benzene rings is 1. The van der Waals surface area contributed by atoms with Crippen LogP contribution in [0.25, 0.3) is 0 Å². The van der Waals surface area contributed by atoms with Crippen LogP contribution >= 0.6 is 0 Å². The van der Waals surface area contributed by atoms with Crippen molar-refractivity contribution in [2.75, 3.05) is 13.1 Å². The topological polar surface area (TPSA) is 42.2 Å². The molecule has 1 atom stereocenters. The van der Waals surface area contributed by atoms with E-state index in [1.165, 1.54) is 16.7 Å². The molecule has 112 valence electrons. The lowest BCUT2D eigenvalue weighted by atomic mass is 9.99. The molecule has 0 amide bonds. The highest BCUT2D eigenvalue weighted by Gasteiger charge is 2.13. The molecule has 1 aromatic carbocycles. The van der Waals surface area contributed by atoms with Crippen LogP contribution in [0, 0.1) is 13.8 Å². The average molecular weight is 283 g/mol. The fourth-order valence-electron chi connectivity index (χ4n) is 2.64. The Kier molecular flexibility index (Phi) is 5.48. The molecule has 21 heavy (non-hydrogen) atoms. The molecule has 0 aliphatic heterocycles. The first-order valence-corrected chi connectivity index (χ1v) is 7.55. The van der Waals surface area contributed by atoms with E-state index >= 15 is 0 Å². The second-order valence-electron chi connectivity index (χ2n) is 5.62. The number of nitrogens with zero attached hydrogens (tertiary/aromatic N) is 2. The maximum absolute atomic E-state index is 6.41. The summed E-state index contributed by atoms with van der Waals surface area (Å²) in [5.41, 5.74) is 11.3. The summed E-state index contributed by atoms with van der Waals surface area (Å²) in [6.45, 7) is 9.07. The normalized spacial score (nSPS) is 12.6. The highest BCUT2D eigenvalue weighted by molar-refractivity contribution is 5.32. The monoisotopic (exact) mass is 283 g/mol. The van der Waals surface area contributed by atoms with Crippen molar-refractivity contribution in [1.29, 1.82) is 0 Å². The third-order valence-corrected chi connectivity index (χ3v) is 3.84. The Morgan fingerprint density at radius 1 is 1.19 bits per heavy atom. The molecule has 0 radical (unpaired) electrons. The van der Waals surface area contributed by atoms with Crippen molar-refractivity contribution in [3.63, 3.8) is 0 Å². The predicted octanol–water partition coefficient (Wildman–Crippen LogP) is 3.22. The lowest BCUT2D eigenvalue weighted by Gasteiger charge is -2.25. The fraction of sp³-hybridized carbons (Fsp3) is 0.389. The van der Waals surface area contributed by atoms with Gasteiger partial charge in [0.1, 0.15) is 0 Å². The molecule has 0 spiro atoms. The van der Waals surface area contributed by atoms with E-state index < -0.39 is 0 Å². The van der Waals surface area contributed by atoms with Crippen molar-refractivity contribution in [3.05, 3.63) is 65.0 Å². The van der Waals surface area contributed by atoms with Gasteiger partial charge in [-0.15, -0.1) is 0 Å². The van der Waals surface area contributed by atoms with Crippen LogP contribution < -0.4 is 5.73 Å². The van der Waals surface area contributed by atoms with Gasteiger partial charge < -0.3 is 5.73 Å². The van der Waals surface area contributed by atoms with Crippen molar-refractivity contribution < 1.29 is 0 Å². The summed E-state index contributed by atoms with van der Waals surface area (Å²) < 4.78 is 0. The Hall–Kier alpha value is -1.71. The number of nitrogens with two attached hydrogens (primary N) is 1. The lowest BCUT2D eigenvalue weighted by molar-refractivity contribution is 0.259. The van der Waals surface area contributed by atoms with Crippen LogP contribution in [-0.4, -0.2) is 23.0 Å². The molecular weight excluding hydrogens is 258 g/mol. The zero-order valence-corrected chi connectivity index (χ0v) is 13.2. The minimum absolute atomic E-state index is 0.0364. The third-order valence-electron chi connectivity index (χ3n) is 3.84. The molecular formula is C18H25N3. The van der Waals surface area contributed by atoms with E-state index in [-0.39, 0.29) is 6.04 Å². The molecule has 1 unspecified atom stereocenters. The highest BCUT2D eigenvalue weighted by atomic mass is 15.1. The van der Waals surface area contributed by atoms with Crippen LogP contribution in [0.1, 0.15) is 35.3 Å². The molecule has 2 aromatic rings. The van der Waals surface area contributed by atoms with E-state index in [1.807, 2.05) is 18.3 Å². The van der Waals surface area contributed by atoms with Crippen LogP contribution in [0.15, 0.2) is 42.6 Å². The predicted molar refractivity (Wildman–Crippen MR) is 88.0 cm³/mol. The number of likely N-dealkylation sites (N-methyl/N-ethyl adjacent to an activating group) is 1. The maximum Gasteiger partial charge on any atom is 0.0543 e. The number of hydrogen-bond donors (Lipinski definition) is 1. The maximum atomic E-state index is 6.41. The second-order valence-corrected chi connectivity index (χ2v) is 5.62. The Morgan fingerprint density at radius 3 is 2.62 bits per heavy atom. The Labute approximate surface area is 127 Å². The molecule has 0 aliphatic carbocycles. The van der Waals surface area contributed by atoms with E-state index in [0.29, 0.717) is 0 Å². The summed E-state index contributed by atoms with van der Waals surface area (Å²) in [5.74, 6) is 0. The number of pyridine rings is 1. The SMILES string of the molecule is CCN(Cc1ccccn1)CC(N)c1ccc(C)cc1C. The van der Waals surface area contributed by atoms with Crippen molar-refractivity contribution in [2.45, 2.75) is 33.4 Å². The number of hydrogen-bond acceptors (Lipinski definition) is 3. The minimum atomic E-state index is 0.0364. The number of rotatable bonds is 6. The summed E-state index contributed by atoms with van der Waals surface area (Å²) in [7, 11) is 0. The van der Waals surface area contributed by atoms with Gasteiger partial charge in [0.15, 0.2) is 0 Å². The smallest absolute Gasteiger partial charge is 0.0543 e. The molecule has 0 saturated carbocycles. The van der Waals surface area contributed by atoms with Crippen LogP contribution in [0.5, 0.6) is 0 Å². The molecule has 0 bridgehead atoms. The molecule has 2 N–H and O–H groups in total. The Morgan fingerprint density at radius 2 is 2.00 bits per heavy atom. The first-order valence-electron chi connectivity index (χ1n) is 7.55. The number of aryl methyl sites for hydroxylation is 2. The van der Waals surface area contributed by atoms with Crippen molar-refractivity contribution in [2.24, 2.45) is 5.73 Å². The van der Waals surface area contributed by atoms with Gasteiger partial charge in [-0.3, -0.25) is 9.88 Å². The first kappa shape index (κ1) is 15.7. The molecule has 1 aromatic heterocycles. The molecule has 1 heterocycles. The van der Waals surface area contributed by atoms with Gasteiger partial charge in [-0.25, -0.2) is 0 Å². The van der Waals surface area contributed by atoms with Crippen LogP contribution in [0.3, 0.4) is 0 Å². The Balaban J connectivity index is 2.04. The van der Waals surface area contributed by atoms with Gasteiger partial charge in [0.25, 0.3) is 0 Å². The summed E-state index contributed by atoms with van der Waals surface area (Å²) >= 11 is 0. The van der Waals surface area contributed by atoms with E-state index in [1.54, 1.807) is 0 Å². The van der Waals surface area contributed by atoms with E-state index in [0.717, 1.165) is 25.3 Å². The quantitative estimate of drug-likeness (QED) is 0.885. The van der Waals surface area contributed by atoms with E-state index in [4.69, 9.17) is 5.73 Å². The average Bonchev–Trinajstić information content (AvgIpc) is 2.47. The molecule has 0 fully saturated rings. The van der Waals surface area contributed by atoms with E-state index in [9.17, 15) is 0 Å². The summed E-state index contributed by atoms with van der Waals surface area (Å²) in [6, 6.07) is 12.6. The van der Waals surface area contributed by atoms with Gasteiger partial charge in [-0.2, -0.15) is 0 Å². The largest absolute Gasteiger partial charge is 0.323 e. The Bertz CT molecular complexity index is 566. The summed E-state index contributed by atoms with van der Waals surface area (Å²) in [5, 5.41) is 0. The number of aromatic nitrogens is 1. The van der Waals surface area contributed by atoms with Crippen LogP contribution in [-0.2, 0) is 6.54 Å². The molecule has 0 aliphatic rings. The molecule has 3 heteroatoms. The first-order chi connectivity index (χ1) is 10.1. The van der Waals surface area contributed by atoms with Gasteiger partial charge in [0, 0.05) is 25.3 Å². The zero-order valence-electron chi connectivity index (χ0n) is 13.2. The summed E-state index contributed by atoms with van der Waals surface area (Å²) in [4.78, 5) is 6.73. The van der Waals surface area contributed by atoms with Crippen molar-refractivity contribution in [3.8, 4) is 0 Å². The van der Waals surface area contributed by atoms with Gasteiger partial charge in [-0.05, 0) is 43.7 Å². The summed E-state index contributed by atoms with van der Waals surface area (Å²) in [6.07, 6.45) is 1.84. The fourth-order valence-corrected chi connectivity index (χ4v) is 2.64. The van der Waals surface area contributed by atoms with Gasteiger partial charge in [0.2, 0.25) is 0 Å². The van der Waals surface area contributed by atoms with Crippen LogP contribution in [0.4, 0.5) is 0 Å². The highest BCUT2D eigenvalue weighted by Crippen LogP contribution is 2.18. The van der Waals surface area contributed by atoms with Gasteiger partial charge >= 0.3 is 0 Å². The third kappa shape index (κ3) is 4.38. The lowest BCUT2D eigenvalue weighted by Crippen LogP contribution is -2.32. The standard InChI is InChI=1S/C18H25N3/c1-4-21(12-16-7-5-6-10-20-16)13-18(19)17-9-8-14(2)11-15(17)3/h5-11,18H,4,12-13,19H2,1-3H3. The minimum Gasteiger partial charge on any atom is -0.323 e. The van der Waals surface area contributed by atoms with Gasteiger partial charge in [-0.1, -0.05) is 36.8 Å². The van der Waals surface area contributed by atoms with Crippen LogP contribution in [0.2, 0.25) is 0 Å².